The monoisotopic (exact) mass is 384 g/mol. The van der Waals surface area contributed by atoms with Crippen LogP contribution in [0.15, 0.2) is 53.6 Å². The number of hydrogen-bond donors (Lipinski definition) is 3. The summed E-state index contributed by atoms with van der Waals surface area (Å²) in [5, 5.41) is 10.5. The minimum absolute atomic E-state index is 0.0227. The third kappa shape index (κ3) is 3.72. The molecule has 0 bridgehead atoms. The van der Waals surface area contributed by atoms with Crippen LogP contribution >= 0.6 is 0 Å². The number of amides is 1. The highest BCUT2D eigenvalue weighted by Crippen LogP contribution is 2.23. The average Bonchev–Trinajstić information content (AvgIpc) is 3.33. The van der Waals surface area contributed by atoms with Gasteiger partial charge in [0.2, 0.25) is 10.0 Å². The van der Waals surface area contributed by atoms with Crippen LogP contribution < -0.4 is 10.0 Å². The molecule has 1 heterocycles. The van der Waals surface area contributed by atoms with Gasteiger partial charge in [0.05, 0.1) is 22.3 Å². The van der Waals surface area contributed by atoms with Crippen molar-refractivity contribution in [2.24, 2.45) is 0 Å². The molecule has 1 fully saturated rings. The second-order valence-electron chi connectivity index (χ2n) is 6.72. The van der Waals surface area contributed by atoms with Gasteiger partial charge in [-0.3, -0.25) is 9.89 Å². The molecule has 0 spiro atoms. The first-order valence-corrected chi connectivity index (χ1v) is 10.4. The number of sulfonamides is 1. The topological polar surface area (TPSA) is 104 Å². The van der Waals surface area contributed by atoms with Crippen molar-refractivity contribution in [2.45, 2.75) is 36.6 Å². The summed E-state index contributed by atoms with van der Waals surface area (Å²) >= 11 is 0. The molecule has 0 saturated heterocycles. The van der Waals surface area contributed by atoms with Gasteiger partial charge in [-0.25, -0.2) is 13.1 Å². The lowest BCUT2D eigenvalue weighted by atomic mass is 10.2. The quantitative estimate of drug-likeness (QED) is 0.629. The molecule has 2 aromatic carbocycles. The van der Waals surface area contributed by atoms with Gasteiger partial charge < -0.3 is 5.32 Å². The lowest BCUT2D eigenvalue weighted by Crippen LogP contribution is -2.32. The largest absolute Gasteiger partial charge is 0.320 e. The van der Waals surface area contributed by atoms with E-state index in [1.807, 2.05) is 12.1 Å². The van der Waals surface area contributed by atoms with Crippen LogP contribution in [0.2, 0.25) is 0 Å². The van der Waals surface area contributed by atoms with Gasteiger partial charge in [0, 0.05) is 17.0 Å². The SMILES string of the molecule is O=C(Nc1cccc2cn[nH]c12)c1cccc(S(=O)(=O)NC2CCCC2)c1. The molecule has 140 valence electrons. The summed E-state index contributed by atoms with van der Waals surface area (Å²) in [5.41, 5.74) is 1.59. The third-order valence-corrected chi connectivity index (χ3v) is 6.33. The molecule has 1 amide bonds. The Hall–Kier alpha value is -2.71. The Morgan fingerprint density at radius 3 is 2.70 bits per heavy atom. The van der Waals surface area contributed by atoms with E-state index in [1.54, 1.807) is 24.4 Å². The summed E-state index contributed by atoms with van der Waals surface area (Å²) in [7, 11) is -3.64. The van der Waals surface area contributed by atoms with Crippen LogP contribution in [-0.4, -0.2) is 30.6 Å². The maximum atomic E-state index is 12.6. The van der Waals surface area contributed by atoms with E-state index in [9.17, 15) is 13.2 Å². The second kappa shape index (κ2) is 7.13. The normalized spacial score (nSPS) is 15.3. The van der Waals surface area contributed by atoms with E-state index in [4.69, 9.17) is 0 Å². The number of hydrogen-bond acceptors (Lipinski definition) is 4. The van der Waals surface area contributed by atoms with Crippen molar-refractivity contribution in [3.8, 4) is 0 Å². The molecule has 1 saturated carbocycles. The zero-order chi connectivity index (χ0) is 18.9. The fourth-order valence-corrected chi connectivity index (χ4v) is 4.75. The Morgan fingerprint density at radius 1 is 1.11 bits per heavy atom. The van der Waals surface area contributed by atoms with Crippen LogP contribution in [0, 0.1) is 0 Å². The molecule has 1 aromatic heterocycles. The smallest absolute Gasteiger partial charge is 0.255 e. The molecule has 1 aliphatic rings. The standard InChI is InChI=1S/C19H20N4O3S/c24-19(21-17-10-4-6-14-12-20-22-18(14)17)13-5-3-9-16(11-13)27(25,26)23-15-7-1-2-8-15/h3-6,9-12,15,23H,1-2,7-8H2,(H,20,22)(H,21,24). The fourth-order valence-electron chi connectivity index (χ4n) is 3.40. The number of nitrogens with one attached hydrogen (secondary N) is 3. The minimum Gasteiger partial charge on any atom is -0.320 e. The molecule has 27 heavy (non-hydrogen) atoms. The van der Waals surface area contributed by atoms with Crippen LogP contribution in [0.25, 0.3) is 10.9 Å². The van der Waals surface area contributed by atoms with Crippen molar-refractivity contribution in [1.82, 2.24) is 14.9 Å². The lowest BCUT2D eigenvalue weighted by molar-refractivity contribution is 0.102. The predicted octanol–water partition coefficient (Wildman–Crippen LogP) is 3.04. The number of carbonyl (C=O) groups excluding carboxylic acids is 1. The molecular formula is C19H20N4O3S. The van der Waals surface area contributed by atoms with Crippen LogP contribution in [0.1, 0.15) is 36.0 Å². The first-order valence-electron chi connectivity index (χ1n) is 8.89. The zero-order valence-corrected chi connectivity index (χ0v) is 15.4. The Balaban J connectivity index is 1.56. The maximum absolute atomic E-state index is 12.6. The van der Waals surface area contributed by atoms with Crippen molar-refractivity contribution < 1.29 is 13.2 Å². The van der Waals surface area contributed by atoms with Crippen molar-refractivity contribution in [3.63, 3.8) is 0 Å². The van der Waals surface area contributed by atoms with Gasteiger partial charge in [-0.2, -0.15) is 5.10 Å². The lowest BCUT2D eigenvalue weighted by Gasteiger charge is -2.13. The van der Waals surface area contributed by atoms with Crippen molar-refractivity contribution in [3.05, 3.63) is 54.2 Å². The van der Waals surface area contributed by atoms with Gasteiger partial charge >= 0.3 is 0 Å². The molecule has 7 nitrogen and oxygen atoms in total. The van der Waals surface area contributed by atoms with Crippen LogP contribution in [-0.2, 0) is 10.0 Å². The molecule has 0 atom stereocenters. The van der Waals surface area contributed by atoms with E-state index >= 15 is 0 Å². The number of benzene rings is 2. The maximum Gasteiger partial charge on any atom is 0.255 e. The van der Waals surface area contributed by atoms with Crippen molar-refractivity contribution >= 4 is 32.5 Å². The molecular weight excluding hydrogens is 364 g/mol. The Kier molecular flexibility index (Phi) is 4.67. The Bertz CT molecular complexity index is 1090. The van der Waals surface area contributed by atoms with E-state index in [-0.39, 0.29) is 22.4 Å². The molecule has 0 aliphatic heterocycles. The van der Waals surface area contributed by atoms with E-state index in [0.29, 0.717) is 5.69 Å². The summed E-state index contributed by atoms with van der Waals surface area (Å²) in [5.74, 6) is -0.380. The van der Waals surface area contributed by atoms with Crippen LogP contribution in [0.5, 0.6) is 0 Å². The van der Waals surface area contributed by atoms with Crippen molar-refractivity contribution in [2.75, 3.05) is 5.32 Å². The third-order valence-electron chi connectivity index (χ3n) is 4.81. The van der Waals surface area contributed by atoms with E-state index in [2.05, 4.69) is 20.2 Å². The highest BCUT2D eigenvalue weighted by Gasteiger charge is 2.23. The molecule has 3 N–H and O–H groups in total. The highest BCUT2D eigenvalue weighted by atomic mass is 32.2. The fraction of sp³-hybridized carbons (Fsp3) is 0.263. The van der Waals surface area contributed by atoms with Gasteiger partial charge in [0.25, 0.3) is 5.91 Å². The van der Waals surface area contributed by atoms with Gasteiger partial charge in [-0.15, -0.1) is 0 Å². The van der Waals surface area contributed by atoms with E-state index in [0.717, 1.165) is 36.6 Å². The minimum atomic E-state index is -3.64. The van der Waals surface area contributed by atoms with Gasteiger partial charge in [0.1, 0.15) is 0 Å². The Morgan fingerprint density at radius 2 is 1.89 bits per heavy atom. The van der Waals surface area contributed by atoms with Gasteiger partial charge in [-0.05, 0) is 37.1 Å². The zero-order valence-electron chi connectivity index (χ0n) is 14.6. The molecule has 0 unspecified atom stereocenters. The molecule has 1 aliphatic carbocycles. The molecule has 4 rings (SSSR count). The predicted molar refractivity (Wildman–Crippen MR) is 103 cm³/mol. The number of H-pyrrole nitrogens is 1. The van der Waals surface area contributed by atoms with Crippen LogP contribution in [0.4, 0.5) is 5.69 Å². The number of para-hydroxylation sites is 1. The number of aromatic amines is 1. The Labute approximate surface area is 157 Å². The van der Waals surface area contributed by atoms with E-state index < -0.39 is 10.0 Å². The number of aromatic nitrogens is 2. The highest BCUT2D eigenvalue weighted by molar-refractivity contribution is 7.89. The summed E-state index contributed by atoms with van der Waals surface area (Å²) < 4.78 is 27.9. The molecule has 3 aromatic rings. The molecule has 0 radical (unpaired) electrons. The number of nitrogens with zero attached hydrogens (tertiary/aromatic N) is 1. The van der Waals surface area contributed by atoms with Crippen molar-refractivity contribution in [1.29, 1.82) is 0 Å². The summed E-state index contributed by atoms with van der Waals surface area (Å²) in [6.45, 7) is 0. The van der Waals surface area contributed by atoms with Gasteiger partial charge in [-0.1, -0.05) is 31.0 Å². The number of anilines is 1. The summed E-state index contributed by atoms with van der Waals surface area (Å²) in [6.07, 6.45) is 5.46. The number of fused-ring (bicyclic) bond motifs is 1. The number of carbonyl (C=O) groups is 1. The van der Waals surface area contributed by atoms with Crippen LogP contribution in [0.3, 0.4) is 0 Å². The summed E-state index contributed by atoms with van der Waals surface area (Å²) in [4.78, 5) is 12.7. The van der Waals surface area contributed by atoms with Gasteiger partial charge in [0.15, 0.2) is 0 Å². The van der Waals surface area contributed by atoms with E-state index in [1.165, 1.54) is 12.1 Å². The summed E-state index contributed by atoms with van der Waals surface area (Å²) in [6, 6.07) is 11.5. The average molecular weight is 384 g/mol. The first kappa shape index (κ1) is 17.7. The second-order valence-corrected chi connectivity index (χ2v) is 8.44. The number of rotatable bonds is 5. The first-order chi connectivity index (χ1) is 13.0. The molecule has 8 heteroatoms.